The summed E-state index contributed by atoms with van der Waals surface area (Å²) in [6.07, 6.45) is 0.984. The highest BCUT2D eigenvalue weighted by Crippen LogP contribution is 2.24. The van der Waals surface area contributed by atoms with Crippen molar-refractivity contribution in [2.75, 3.05) is 26.2 Å². The van der Waals surface area contributed by atoms with E-state index < -0.39 is 0 Å². The molecule has 1 saturated heterocycles. The molecular formula is C13H18N2O2S. The van der Waals surface area contributed by atoms with Gasteiger partial charge in [0, 0.05) is 31.1 Å². The van der Waals surface area contributed by atoms with Crippen molar-refractivity contribution in [1.29, 1.82) is 0 Å². The van der Waals surface area contributed by atoms with Gasteiger partial charge in [0.1, 0.15) is 6.61 Å². The summed E-state index contributed by atoms with van der Waals surface area (Å²) in [5.41, 5.74) is 1.16. The third-order valence-corrected chi connectivity index (χ3v) is 4.73. The van der Waals surface area contributed by atoms with Crippen LogP contribution in [0, 0.1) is 0 Å². The molecule has 2 aliphatic heterocycles. The maximum Gasteiger partial charge on any atom is 0.248 e. The maximum absolute atomic E-state index is 12.1. The van der Waals surface area contributed by atoms with Crippen LogP contribution in [0.25, 0.3) is 0 Å². The standard InChI is InChI=1S/C13H18N2O2S/c1-13(8-14-9-13)17-7-12(16)15-4-2-11-10(6-15)3-5-18-11/h3,5,14H,2,4,6-9H2,1H3. The number of amides is 1. The second kappa shape index (κ2) is 4.64. The number of ether oxygens (including phenoxy) is 1. The van der Waals surface area contributed by atoms with E-state index in [1.54, 1.807) is 11.3 Å². The minimum atomic E-state index is -0.140. The van der Waals surface area contributed by atoms with Crippen molar-refractivity contribution < 1.29 is 9.53 Å². The van der Waals surface area contributed by atoms with Crippen LogP contribution >= 0.6 is 11.3 Å². The van der Waals surface area contributed by atoms with Gasteiger partial charge in [0.05, 0.1) is 5.60 Å². The van der Waals surface area contributed by atoms with E-state index in [4.69, 9.17) is 4.74 Å². The molecule has 5 heteroatoms. The smallest absolute Gasteiger partial charge is 0.248 e. The van der Waals surface area contributed by atoms with E-state index in [0.29, 0.717) is 0 Å². The molecular weight excluding hydrogens is 248 g/mol. The van der Waals surface area contributed by atoms with Gasteiger partial charge < -0.3 is 15.0 Å². The Bertz CT molecular complexity index is 454. The molecule has 0 unspecified atom stereocenters. The minimum absolute atomic E-state index is 0.111. The summed E-state index contributed by atoms with van der Waals surface area (Å²) in [4.78, 5) is 15.4. The average molecular weight is 266 g/mol. The molecule has 0 aromatic carbocycles. The van der Waals surface area contributed by atoms with Crippen molar-refractivity contribution in [1.82, 2.24) is 10.2 Å². The highest BCUT2D eigenvalue weighted by atomic mass is 32.1. The summed E-state index contributed by atoms with van der Waals surface area (Å²) in [5, 5.41) is 5.27. The van der Waals surface area contributed by atoms with Gasteiger partial charge in [0.2, 0.25) is 5.91 Å². The molecule has 0 bridgehead atoms. The van der Waals surface area contributed by atoms with E-state index in [1.165, 1.54) is 10.4 Å². The number of fused-ring (bicyclic) bond motifs is 1. The summed E-state index contributed by atoms with van der Waals surface area (Å²) in [6, 6.07) is 2.12. The first-order chi connectivity index (χ1) is 8.66. The highest BCUT2D eigenvalue weighted by molar-refractivity contribution is 7.10. The van der Waals surface area contributed by atoms with Crippen molar-refractivity contribution in [3.63, 3.8) is 0 Å². The topological polar surface area (TPSA) is 41.6 Å². The average Bonchev–Trinajstić information content (AvgIpc) is 2.80. The number of nitrogens with zero attached hydrogens (tertiary/aromatic N) is 1. The Labute approximate surface area is 111 Å². The number of hydrogen-bond acceptors (Lipinski definition) is 4. The molecule has 0 aliphatic carbocycles. The van der Waals surface area contributed by atoms with Crippen LogP contribution in [0.15, 0.2) is 11.4 Å². The summed E-state index contributed by atoms with van der Waals surface area (Å²) in [6.45, 7) is 5.51. The second-order valence-electron chi connectivity index (χ2n) is 5.28. The highest BCUT2D eigenvalue weighted by Gasteiger charge is 2.33. The second-order valence-corrected chi connectivity index (χ2v) is 6.28. The van der Waals surface area contributed by atoms with E-state index >= 15 is 0 Å². The van der Waals surface area contributed by atoms with Gasteiger partial charge in [-0.15, -0.1) is 11.3 Å². The first-order valence-corrected chi connectivity index (χ1v) is 7.22. The maximum atomic E-state index is 12.1. The van der Waals surface area contributed by atoms with Crippen molar-refractivity contribution >= 4 is 17.2 Å². The van der Waals surface area contributed by atoms with Gasteiger partial charge in [0.15, 0.2) is 0 Å². The Morgan fingerprint density at radius 1 is 1.61 bits per heavy atom. The lowest BCUT2D eigenvalue weighted by atomic mass is 10.0. The molecule has 1 N–H and O–H groups in total. The van der Waals surface area contributed by atoms with Gasteiger partial charge in [-0.2, -0.15) is 0 Å². The molecule has 1 fully saturated rings. The van der Waals surface area contributed by atoms with Gasteiger partial charge in [-0.05, 0) is 30.4 Å². The van der Waals surface area contributed by atoms with E-state index in [0.717, 1.165) is 32.6 Å². The Hall–Kier alpha value is -0.910. The molecule has 1 amide bonds. The molecule has 3 heterocycles. The van der Waals surface area contributed by atoms with Crippen molar-refractivity contribution in [2.24, 2.45) is 0 Å². The van der Waals surface area contributed by atoms with Crippen LogP contribution in [0.2, 0.25) is 0 Å². The van der Waals surface area contributed by atoms with E-state index in [-0.39, 0.29) is 18.1 Å². The van der Waals surface area contributed by atoms with E-state index in [9.17, 15) is 4.79 Å². The van der Waals surface area contributed by atoms with Crippen LogP contribution in [0.4, 0.5) is 0 Å². The number of thiophene rings is 1. The third kappa shape index (κ3) is 2.30. The zero-order valence-corrected chi connectivity index (χ0v) is 11.4. The van der Waals surface area contributed by atoms with Crippen LogP contribution in [0.3, 0.4) is 0 Å². The quantitative estimate of drug-likeness (QED) is 0.888. The van der Waals surface area contributed by atoms with E-state index in [2.05, 4.69) is 16.8 Å². The molecule has 0 saturated carbocycles. The SMILES string of the molecule is CC1(OCC(=O)N2CCc3sccc3C2)CNC1. The number of carbonyl (C=O) groups excluding carboxylic acids is 1. The Morgan fingerprint density at radius 2 is 2.44 bits per heavy atom. The fourth-order valence-corrected chi connectivity index (χ4v) is 3.26. The summed E-state index contributed by atoms with van der Waals surface area (Å²) >= 11 is 1.79. The first-order valence-electron chi connectivity index (χ1n) is 6.34. The summed E-state index contributed by atoms with van der Waals surface area (Å²) < 4.78 is 5.70. The molecule has 0 radical (unpaired) electrons. The first kappa shape index (κ1) is 12.1. The molecule has 0 atom stereocenters. The zero-order valence-electron chi connectivity index (χ0n) is 10.6. The van der Waals surface area contributed by atoms with Crippen LogP contribution in [-0.4, -0.2) is 42.6 Å². The largest absolute Gasteiger partial charge is 0.363 e. The molecule has 3 rings (SSSR count). The van der Waals surface area contributed by atoms with Gasteiger partial charge in [-0.25, -0.2) is 0 Å². The molecule has 98 valence electrons. The van der Waals surface area contributed by atoms with Crippen LogP contribution < -0.4 is 5.32 Å². The van der Waals surface area contributed by atoms with Crippen molar-refractivity contribution in [3.05, 3.63) is 21.9 Å². The Morgan fingerprint density at radius 3 is 3.17 bits per heavy atom. The van der Waals surface area contributed by atoms with Crippen molar-refractivity contribution in [3.8, 4) is 0 Å². The molecule has 2 aliphatic rings. The summed E-state index contributed by atoms with van der Waals surface area (Å²) in [5.74, 6) is 0.111. The lowest BCUT2D eigenvalue weighted by molar-refractivity contribution is -0.146. The van der Waals surface area contributed by atoms with Gasteiger partial charge in [-0.3, -0.25) is 4.79 Å². The third-order valence-electron chi connectivity index (χ3n) is 3.70. The lowest BCUT2D eigenvalue weighted by Crippen LogP contribution is -2.59. The summed E-state index contributed by atoms with van der Waals surface area (Å²) in [7, 11) is 0. The lowest BCUT2D eigenvalue weighted by Gasteiger charge is -2.39. The van der Waals surface area contributed by atoms with Crippen LogP contribution in [0.1, 0.15) is 17.4 Å². The normalized spacial score (nSPS) is 21.3. The zero-order chi connectivity index (χ0) is 12.6. The number of nitrogens with one attached hydrogen (secondary N) is 1. The minimum Gasteiger partial charge on any atom is -0.363 e. The van der Waals surface area contributed by atoms with Crippen LogP contribution in [0.5, 0.6) is 0 Å². The fourth-order valence-electron chi connectivity index (χ4n) is 2.37. The molecule has 1 aromatic heterocycles. The Balaban J connectivity index is 1.54. The molecule has 1 aromatic rings. The predicted octanol–water partition coefficient (Wildman–Crippen LogP) is 1.01. The van der Waals surface area contributed by atoms with E-state index in [1.807, 2.05) is 11.8 Å². The predicted molar refractivity (Wildman–Crippen MR) is 70.7 cm³/mol. The fraction of sp³-hybridized carbons (Fsp3) is 0.615. The molecule has 0 spiro atoms. The van der Waals surface area contributed by atoms with Crippen LogP contribution in [-0.2, 0) is 22.5 Å². The van der Waals surface area contributed by atoms with Gasteiger partial charge in [0.25, 0.3) is 0 Å². The van der Waals surface area contributed by atoms with Gasteiger partial charge in [-0.1, -0.05) is 0 Å². The van der Waals surface area contributed by atoms with Crippen molar-refractivity contribution in [2.45, 2.75) is 25.5 Å². The number of rotatable bonds is 3. The molecule has 18 heavy (non-hydrogen) atoms. The Kier molecular flexibility index (Phi) is 3.13. The number of hydrogen-bond donors (Lipinski definition) is 1. The molecule has 4 nitrogen and oxygen atoms in total. The van der Waals surface area contributed by atoms with Gasteiger partial charge >= 0.3 is 0 Å². The number of carbonyl (C=O) groups is 1. The monoisotopic (exact) mass is 266 g/mol.